The van der Waals surface area contributed by atoms with E-state index in [0.29, 0.717) is 10.9 Å². The zero-order valence-electron chi connectivity index (χ0n) is 19.0. The van der Waals surface area contributed by atoms with Gasteiger partial charge in [0.25, 0.3) is 5.28 Å². The Morgan fingerprint density at radius 3 is 1.63 bits per heavy atom. The molecule has 2 atom stereocenters. The molecule has 0 aromatic carbocycles. The Bertz CT molecular complexity index is 404. The molecule has 0 radical (unpaired) electrons. The molecular formula is C23H47NO2P+. The zero-order valence-corrected chi connectivity index (χ0v) is 19.9. The lowest BCUT2D eigenvalue weighted by Gasteiger charge is -2.39. The number of hydrogen-bond donors (Lipinski definition) is 0. The number of hydrogen-bond acceptors (Lipinski definition) is 2. The maximum atomic E-state index is 11.9. The van der Waals surface area contributed by atoms with Gasteiger partial charge in [0.05, 0.1) is 21.1 Å². The molecule has 0 aromatic heterocycles. The van der Waals surface area contributed by atoms with Gasteiger partial charge in [-0.15, -0.1) is 0 Å². The molecule has 0 spiro atoms. The molecule has 0 heterocycles. The minimum absolute atomic E-state index is 0.504. The molecule has 4 heteroatoms. The van der Waals surface area contributed by atoms with Crippen LogP contribution >= 0.6 is 8.03 Å². The first-order valence-corrected chi connectivity index (χ1v) is 12.6. The number of quaternary nitrogens is 1. The molecule has 0 aliphatic carbocycles. The standard InChI is InChI=1S/C23H47NO2P/c1-6-8-9-10-11-12-13-14-15-16-17-18-19-20-21-22-23(7-2,27(25)26)24(3,4)5/h15-16H,6-14,17-22H2,1-5H3/q+1. The fraction of sp³-hybridized carbons (Fsp3) is 0.913. The molecule has 3 nitrogen and oxygen atoms in total. The normalized spacial score (nSPS) is 15.3. The Balaban J connectivity index is 3.72. The van der Waals surface area contributed by atoms with Crippen LogP contribution in [0.15, 0.2) is 12.2 Å². The van der Waals surface area contributed by atoms with Crippen molar-refractivity contribution in [3.8, 4) is 0 Å². The van der Waals surface area contributed by atoms with Crippen molar-refractivity contribution in [1.82, 2.24) is 0 Å². The van der Waals surface area contributed by atoms with Crippen molar-refractivity contribution in [2.45, 2.75) is 115 Å². The predicted molar refractivity (Wildman–Crippen MR) is 118 cm³/mol. The van der Waals surface area contributed by atoms with Crippen LogP contribution in [0.2, 0.25) is 0 Å². The fourth-order valence-electron chi connectivity index (χ4n) is 3.93. The molecule has 0 aliphatic heterocycles. The smallest absolute Gasteiger partial charge is 0.376 e. The summed E-state index contributed by atoms with van der Waals surface area (Å²) in [6, 6.07) is 0. The van der Waals surface area contributed by atoms with Gasteiger partial charge in [0.15, 0.2) is 0 Å². The highest BCUT2D eigenvalue weighted by atomic mass is 31.1. The maximum absolute atomic E-state index is 11.9. The topological polar surface area (TPSA) is 40.1 Å². The fourth-order valence-corrected chi connectivity index (χ4v) is 5.02. The molecular weight excluding hydrogens is 353 g/mol. The van der Waals surface area contributed by atoms with Gasteiger partial charge < -0.3 is 4.89 Å². The quantitative estimate of drug-likeness (QED) is 0.108. The van der Waals surface area contributed by atoms with Crippen LogP contribution in [0.25, 0.3) is 0 Å². The first-order chi connectivity index (χ1) is 12.8. The molecule has 0 rings (SSSR count). The summed E-state index contributed by atoms with van der Waals surface area (Å²) in [6.45, 7) is 4.27. The lowest BCUT2D eigenvalue weighted by Crippen LogP contribution is -2.55. The van der Waals surface area contributed by atoms with Crippen LogP contribution in [-0.4, -0.2) is 30.9 Å². The van der Waals surface area contributed by atoms with E-state index < -0.39 is 13.3 Å². The van der Waals surface area contributed by atoms with E-state index in [-0.39, 0.29) is 0 Å². The van der Waals surface area contributed by atoms with E-state index in [4.69, 9.17) is 0 Å². The average Bonchev–Trinajstić information content (AvgIpc) is 2.60. The second-order valence-electron chi connectivity index (χ2n) is 8.94. The number of nitrogens with zero attached hydrogens (tertiary/aromatic N) is 1. The van der Waals surface area contributed by atoms with Gasteiger partial charge in [-0.3, -0.25) is 4.48 Å². The van der Waals surface area contributed by atoms with Gasteiger partial charge in [0.2, 0.25) is 0 Å². The highest BCUT2D eigenvalue weighted by Crippen LogP contribution is 2.44. The van der Waals surface area contributed by atoms with Crippen LogP contribution in [0, 0.1) is 0 Å². The van der Waals surface area contributed by atoms with Gasteiger partial charge in [-0.1, -0.05) is 81.9 Å². The molecule has 0 aromatic rings. The Morgan fingerprint density at radius 1 is 0.778 bits per heavy atom. The molecule has 2 unspecified atom stereocenters. The SMILES string of the molecule is CCCCCCCCCC=CCCCCCCC(CC)([P+](=O)[O-])[N+](C)(C)C. The van der Waals surface area contributed by atoms with E-state index in [9.17, 15) is 9.46 Å². The molecule has 0 saturated carbocycles. The Morgan fingerprint density at radius 2 is 1.22 bits per heavy atom. The van der Waals surface area contributed by atoms with Crippen LogP contribution in [-0.2, 0) is 4.57 Å². The lowest BCUT2D eigenvalue weighted by molar-refractivity contribution is -0.910. The molecule has 0 fully saturated rings. The summed E-state index contributed by atoms with van der Waals surface area (Å²) in [5.74, 6) is 0. The van der Waals surface area contributed by atoms with Gasteiger partial charge in [0.1, 0.15) is 0 Å². The van der Waals surface area contributed by atoms with Gasteiger partial charge >= 0.3 is 8.03 Å². The van der Waals surface area contributed by atoms with E-state index in [0.717, 1.165) is 19.3 Å². The number of unbranched alkanes of at least 4 members (excludes halogenated alkanes) is 11. The minimum Gasteiger partial charge on any atom is -0.590 e. The third-order valence-electron chi connectivity index (χ3n) is 5.99. The summed E-state index contributed by atoms with van der Waals surface area (Å²) in [6.07, 6.45) is 22.8. The van der Waals surface area contributed by atoms with Gasteiger partial charge in [-0.25, -0.2) is 0 Å². The molecule has 0 saturated heterocycles. The van der Waals surface area contributed by atoms with Crippen molar-refractivity contribution < 1.29 is 13.9 Å². The van der Waals surface area contributed by atoms with Crippen molar-refractivity contribution in [2.24, 2.45) is 0 Å². The minimum atomic E-state index is -2.42. The molecule has 0 bridgehead atoms. The van der Waals surface area contributed by atoms with E-state index in [1.807, 2.05) is 28.1 Å². The molecule has 160 valence electrons. The van der Waals surface area contributed by atoms with Crippen molar-refractivity contribution >= 4 is 8.03 Å². The van der Waals surface area contributed by atoms with Gasteiger partial charge in [0, 0.05) is 12.8 Å². The third kappa shape index (κ3) is 11.4. The molecule has 0 N–H and O–H groups in total. The summed E-state index contributed by atoms with van der Waals surface area (Å²) >= 11 is 0. The average molecular weight is 401 g/mol. The monoisotopic (exact) mass is 400 g/mol. The zero-order chi connectivity index (χ0) is 20.6. The molecule has 27 heavy (non-hydrogen) atoms. The molecule has 0 amide bonds. The van der Waals surface area contributed by atoms with Crippen LogP contribution in [0.3, 0.4) is 0 Å². The largest absolute Gasteiger partial charge is 0.590 e. The van der Waals surface area contributed by atoms with Crippen LogP contribution in [0.1, 0.15) is 110 Å². The van der Waals surface area contributed by atoms with Crippen LogP contribution in [0.4, 0.5) is 0 Å². The number of allylic oxidation sites excluding steroid dienone is 2. The maximum Gasteiger partial charge on any atom is 0.376 e. The summed E-state index contributed by atoms with van der Waals surface area (Å²) in [5.41, 5.74) is 0. The summed E-state index contributed by atoms with van der Waals surface area (Å²) in [4.78, 5) is 11.9. The van der Waals surface area contributed by atoms with Gasteiger partial charge in [-0.2, -0.15) is 0 Å². The van der Waals surface area contributed by atoms with E-state index in [1.165, 1.54) is 70.6 Å². The lowest BCUT2D eigenvalue weighted by atomic mass is 10.0. The van der Waals surface area contributed by atoms with Gasteiger partial charge in [-0.05, 0) is 32.1 Å². The second-order valence-corrected chi connectivity index (χ2v) is 10.3. The summed E-state index contributed by atoms with van der Waals surface area (Å²) in [5, 5.41) is -0.605. The van der Waals surface area contributed by atoms with Crippen molar-refractivity contribution in [3.63, 3.8) is 0 Å². The van der Waals surface area contributed by atoms with E-state index in [1.54, 1.807) is 0 Å². The predicted octanol–water partition coefficient (Wildman–Crippen LogP) is 6.94. The first kappa shape index (κ1) is 26.8. The highest BCUT2D eigenvalue weighted by molar-refractivity contribution is 7.38. The highest BCUT2D eigenvalue weighted by Gasteiger charge is 2.52. The Kier molecular flexibility index (Phi) is 15.5. The van der Waals surface area contributed by atoms with Crippen molar-refractivity contribution in [2.75, 3.05) is 21.1 Å². The van der Waals surface area contributed by atoms with E-state index >= 15 is 0 Å². The van der Waals surface area contributed by atoms with Crippen LogP contribution < -0.4 is 4.89 Å². The Labute approximate surface area is 171 Å². The van der Waals surface area contributed by atoms with Crippen molar-refractivity contribution in [1.29, 1.82) is 0 Å². The number of rotatable bonds is 18. The third-order valence-corrected chi connectivity index (χ3v) is 7.81. The summed E-state index contributed by atoms with van der Waals surface area (Å²) in [7, 11) is 3.60. The summed E-state index contributed by atoms with van der Waals surface area (Å²) < 4.78 is 12.4. The molecule has 0 aliphatic rings. The Hall–Kier alpha value is -0.240. The second kappa shape index (κ2) is 15.7. The van der Waals surface area contributed by atoms with E-state index in [2.05, 4.69) is 19.1 Å². The van der Waals surface area contributed by atoms with Crippen molar-refractivity contribution in [3.05, 3.63) is 12.2 Å². The first-order valence-electron chi connectivity index (χ1n) is 11.4. The van der Waals surface area contributed by atoms with Crippen LogP contribution in [0.5, 0.6) is 0 Å².